The van der Waals surface area contributed by atoms with Crippen LogP contribution in [0.1, 0.15) is 0 Å². The van der Waals surface area contributed by atoms with Gasteiger partial charge < -0.3 is 0 Å². The van der Waals surface area contributed by atoms with Crippen LogP contribution < -0.4 is 0 Å². The molecule has 0 amide bonds. The van der Waals surface area contributed by atoms with Gasteiger partial charge in [-0.25, -0.2) is 46.5 Å². The molecule has 5 rings (SSSR count). The van der Waals surface area contributed by atoms with E-state index in [9.17, 15) is 0 Å². The van der Waals surface area contributed by atoms with Gasteiger partial charge in [-0.05, 0) is 0 Å². The van der Waals surface area contributed by atoms with E-state index < -0.39 is 0 Å². The average Bonchev–Trinajstić information content (AvgIpc) is 2.73. The van der Waals surface area contributed by atoms with Gasteiger partial charge >= 0.3 is 0 Å². The van der Waals surface area contributed by atoms with Gasteiger partial charge in [0.2, 0.25) is 0 Å². The maximum absolute atomic E-state index is 3.53. The zero-order valence-corrected chi connectivity index (χ0v) is 20.9. The molecule has 28 heavy (non-hydrogen) atoms. The van der Waals surface area contributed by atoms with E-state index >= 15 is 0 Å². The first-order valence-corrected chi connectivity index (χ1v) is 8.63. The van der Waals surface area contributed by atoms with E-state index in [2.05, 4.69) is 72.8 Å². The van der Waals surface area contributed by atoms with Crippen LogP contribution in [0.4, 0.5) is 0 Å². The van der Waals surface area contributed by atoms with Gasteiger partial charge in [-0.1, -0.05) is 47.9 Å². The minimum atomic E-state index is 0. The van der Waals surface area contributed by atoms with E-state index in [0.29, 0.717) is 0 Å². The van der Waals surface area contributed by atoms with Gasteiger partial charge in [-0.3, -0.25) is 0 Å². The third-order valence-electron chi connectivity index (χ3n) is 4.67. The number of fused-ring (bicyclic) bond motifs is 2. The van der Waals surface area contributed by atoms with Gasteiger partial charge in [0.15, 0.2) is 0 Å². The van der Waals surface area contributed by atoms with Crippen LogP contribution >= 0.6 is 0 Å². The van der Waals surface area contributed by atoms with Gasteiger partial charge in [0.1, 0.15) is 0 Å². The van der Waals surface area contributed by atoms with Crippen molar-refractivity contribution < 1.29 is 65.4 Å². The van der Waals surface area contributed by atoms with Crippen molar-refractivity contribution >= 4 is 21.5 Å². The molecule has 5 aromatic rings. The van der Waals surface area contributed by atoms with Crippen molar-refractivity contribution in [1.29, 1.82) is 0 Å². The number of hydrogen-bond acceptors (Lipinski definition) is 0. The fourth-order valence-electron chi connectivity index (χ4n) is 3.35. The van der Waals surface area contributed by atoms with Crippen LogP contribution in [0.15, 0.2) is 84.9 Å². The molecular weight excluding hydrogens is 490 g/mol. The molecule has 0 aliphatic heterocycles. The molecule has 0 aromatic heterocycles. The Bertz CT molecular complexity index is 1140. The van der Waals surface area contributed by atoms with Crippen molar-refractivity contribution in [3.8, 4) is 22.3 Å². The van der Waals surface area contributed by atoms with Crippen molar-refractivity contribution in [2.45, 2.75) is 0 Å². The van der Waals surface area contributed by atoms with Gasteiger partial charge in [0, 0.05) is 65.4 Å². The summed E-state index contributed by atoms with van der Waals surface area (Å²) in [5.41, 5.74) is 4.06. The van der Waals surface area contributed by atoms with E-state index in [0.717, 1.165) is 27.6 Å². The predicted octanol–water partition coefficient (Wildman–Crippen LogP) is 6.52. The molecule has 5 aromatic carbocycles. The Hall–Kier alpha value is -1.17. The summed E-state index contributed by atoms with van der Waals surface area (Å²) in [5, 5.41) is 4.69. The second kappa shape index (κ2) is 9.55. The Balaban J connectivity index is 0.00000112. The fourth-order valence-corrected chi connectivity index (χ4v) is 3.35. The van der Waals surface area contributed by atoms with Gasteiger partial charge in [0.25, 0.3) is 0 Å². The van der Waals surface area contributed by atoms with E-state index in [1.807, 2.05) is 36.4 Å². The molecule has 0 nitrogen and oxygen atoms in total. The predicted molar refractivity (Wildman–Crippen MR) is 108 cm³/mol. The molecule has 0 saturated carbocycles. The largest absolute Gasteiger partial charge is 0.245 e. The summed E-state index contributed by atoms with van der Waals surface area (Å²) in [7, 11) is 0. The molecular formula is C26H14Y2-4. The van der Waals surface area contributed by atoms with E-state index in [1.54, 1.807) is 0 Å². The molecule has 0 unspecified atom stereocenters. The Morgan fingerprint density at radius 1 is 0.536 bits per heavy atom. The second-order valence-electron chi connectivity index (χ2n) is 6.31. The Morgan fingerprint density at radius 2 is 1.18 bits per heavy atom. The zero-order valence-electron chi connectivity index (χ0n) is 15.2. The molecule has 0 spiro atoms. The topological polar surface area (TPSA) is 0 Å². The maximum Gasteiger partial charge on any atom is 0 e. The average molecular weight is 504 g/mol. The van der Waals surface area contributed by atoms with Gasteiger partial charge in [-0.2, -0.15) is 24.3 Å². The summed E-state index contributed by atoms with van der Waals surface area (Å²) < 4.78 is 0. The van der Waals surface area contributed by atoms with Crippen molar-refractivity contribution in [3.63, 3.8) is 0 Å². The van der Waals surface area contributed by atoms with Crippen LogP contribution in [0.2, 0.25) is 0 Å². The van der Waals surface area contributed by atoms with Crippen molar-refractivity contribution in [3.05, 3.63) is 109 Å². The van der Waals surface area contributed by atoms with Gasteiger partial charge in [0.05, 0.1) is 0 Å². The number of rotatable bonds is 2. The molecule has 0 atom stereocenters. The summed E-state index contributed by atoms with van der Waals surface area (Å²) in [5.74, 6) is 0. The second-order valence-corrected chi connectivity index (χ2v) is 6.31. The third kappa shape index (κ3) is 4.22. The monoisotopic (exact) mass is 504 g/mol. The molecule has 0 fully saturated rings. The van der Waals surface area contributed by atoms with Crippen LogP contribution in [0.25, 0.3) is 43.8 Å². The molecule has 128 valence electrons. The standard InChI is InChI=1S/C26H14.2Y/c1-3-9-21-17-23(15-13-19(21)7-1)25-11-5-6-12-26(25)24-16-14-20-8-2-4-10-22(20)18-24;;/h1-10,13-15,18H;;/q-4;;. The van der Waals surface area contributed by atoms with Crippen molar-refractivity contribution in [2.24, 2.45) is 0 Å². The maximum atomic E-state index is 3.53. The Kier molecular flexibility index (Phi) is 7.35. The molecule has 0 heterocycles. The molecule has 2 heteroatoms. The Morgan fingerprint density at radius 3 is 1.96 bits per heavy atom. The smallest absolute Gasteiger partial charge is 0 e. The minimum Gasteiger partial charge on any atom is -0.245 e. The summed E-state index contributed by atoms with van der Waals surface area (Å²) in [6, 6.07) is 42.6. The number of benzene rings is 5. The first-order chi connectivity index (χ1) is 12.9. The van der Waals surface area contributed by atoms with E-state index in [4.69, 9.17) is 0 Å². The molecule has 0 saturated heterocycles. The summed E-state index contributed by atoms with van der Waals surface area (Å²) in [4.78, 5) is 0. The van der Waals surface area contributed by atoms with Gasteiger partial charge in [-0.15, -0.1) is 34.4 Å². The summed E-state index contributed by atoms with van der Waals surface area (Å²) >= 11 is 0. The van der Waals surface area contributed by atoms with Crippen LogP contribution in [0.5, 0.6) is 0 Å². The first kappa shape index (κ1) is 21.5. The van der Waals surface area contributed by atoms with Crippen LogP contribution in [-0.2, 0) is 65.4 Å². The fraction of sp³-hybridized carbons (Fsp3) is 0. The van der Waals surface area contributed by atoms with Crippen LogP contribution in [0, 0.1) is 24.3 Å². The Labute approximate surface area is 216 Å². The third-order valence-corrected chi connectivity index (χ3v) is 4.67. The quantitative estimate of drug-likeness (QED) is 0.240. The molecule has 0 N–H and O–H groups in total. The van der Waals surface area contributed by atoms with E-state index in [1.165, 1.54) is 16.2 Å². The molecule has 0 bridgehead atoms. The van der Waals surface area contributed by atoms with Crippen LogP contribution in [0.3, 0.4) is 0 Å². The number of hydrogen-bond donors (Lipinski definition) is 0. The normalized spacial score (nSPS) is 10.3. The molecule has 0 aliphatic carbocycles. The van der Waals surface area contributed by atoms with Crippen molar-refractivity contribution in [1.82, 2.24) is 0 Å². The molecule has 2 radical (unpaired) electrons. The SMILES string of the molecule is [Y].[Y].[c-]1cc2ccccc2cc1-c1[c-]cc[c-]c1-c1[c-]c2ccccc2cc1. The molecule has 0 aliphatic rings. The van der Waals surface area contributed by atoms with Crippen molar-refractivity contribution in [2.75, 3.05) is 0 Å². The van der Waals surface area contributed by atoms with E-state index in [-0.39, 0.29) is 65.4 Å². The minimum absolute atomic E-state index is 0. The summed E-state index contributed by atoms with van der Waals surface area (Å²) in [6.45, 7) is 0. The summed E-state index contributed by atoms with van der Waals surface area (Å²) in [6.07, 6.45) is 0. The first-order valence-electron chi connectivity index (χ1n) is 8.63. The van der Waals surface area contributed by atoms with Crippen LogP contribution in [-0.4, -0.2) is 0 Å². The zero-order chi connectivity index (χ0) is 17.3.